The lowest BCUT2D eigenvalue weighted by Gasteiger charge is -2.13. The number of hydrogen-bond acceptors (Lipinski definition) is 5. The van der Waals surface area contributed by atoms with Gasteiger partial charge in [0.15, 0.2) is 0 Å². The molecule has 2 aromatic rings. The molecule has 0 aliphatic heterocycles. The molecule has 130 valence electrons. The van der Waals surface area contributed by atoms with Gasteiger partial charge < -0.3 is 14.8 Å². The molecule has 0 saturated carbocycles. The van der Waals surface area contributed by atoms with Crippen LogP contribution in [0.5, 0.6) is 0 Å². The van der Waals surface area contributed by atoms with Crippen LogP contribution in [0.1, 0.15) is 23.3 Å². The van der Waals surface area contributed by atoms with Crippen molar-refractivity contribution in [3.63, 3.8) is 0 Å². The second kappa shape index (κ2) is 6.52. The molecule has 7 nitrogen and oxygen atoms in total. The Morgan fingerprint density at radius 3 is 2.67 bits per heavy atom. The lowest BCUT2D eigenvalue weighted by atomic mass is 10.2. The summed E-state index contributed by atoms with van der Waals surface area (Å²) in [6, 6.07) is 0. The standard InChI is InChI=1S/C16H21N3O4S/c1-17(2)7-4-8-18-15-13(10-5-3-6-11(10)24-15)14(22)19(16(18)23)9-12(20)21/h3-9H2,1-2H3,(H,20,21). The van der Waals surface area contributed by atoms with Crippen LogP contribution in [0.2, 0.25) is 0 Å². The minimum atomic E-state index is -1.43. The van der Waals surface area contributed by atoms with E-state index in [0.29, 0.717) is 16.8 Å². The number of thiophene rings is 1. The maximum absolute atomic E-state index is 12.7. The average molecular weight is 351 g/mol. The van der Waals surface area contributed by atoms with Crippen molar-refractivity contribution in [2.45, 2.75) is 38.8 Å². The Balaban J connectivity index is 2.19. The quantitative estimate of drug-likeness (QED) is 0.652. The van der Waals surface area contributed by atoms with Gasteiger partial charge in [-0.25, -0.2) is 4.79 Å². The van der Waals surface area contributed by atoms with Crippen LogP contribution in [0, 0.1) is 0 Å². The number of carbonyl (C=O) groups excluding carboxylic acids is 1. The predicted octanol–water partition coefficient (Wildman–Crippen LogP) is -2.00. The van der Waals surface area contributed by atoms with E-state index in [9.17, 15) is 19.5 Å². The number of rotatable bonds is 6. The van der Waals surface area contributed by atoms with Crippen molar-refractivity contribution < 1.29 is 14.8 Å². The fourth-order valence-corrected chi connectivity index (χ4v) is 4.71. The van der Waals surface area contributed by atoms with Crippen molar-refractivity contribution in [3.05, 3.63) is 31.3 Å². The second-order valence-electron chi connectivity index (χ2n) is 6.55. The summed E-state index contributed by atoms with van der Waals surface area (Å²) in [5.41, 5.74) is -0.0439. The van der Waals surface area contributed by atoms with E-state index in [0.717, 1.165) is 47.2 Å². The molecule has 0 radical (unpaired) electrons. The summed E-state index contributed by atoms with van der Waals surface area (Å²) in [5.74, 6) is -1.43. The molecule has 2 aromatic heterocycles. The molecule has 8 heteroatoms. The van der Waals surface area contributed by atoms with E-state index in [1.54, 1.807) is 4.57 Å². The normalized spacial score (nSPS) is 13.8. The number of fused-ring (bicyclic) bond motifs is 3. The van der Waals surface area contributed by atoms with E-state index in [4.69, 9.17) is 0 Å². The Hall–Kier alpha value is -1.93. The van der Waals surface area contributed by atoms with Gasteiger partial charge in [-0.05, 0) is 24.8 Å². The van der Waals surface area contributed by atoms with Gasteiger partial charge in [-0.2, -0.15) is 0 Å². The lowest BCUT2D eigenvalue weighted by Crippen LogP contribution is -3.05. The smallest absolute Gasteiger partial charge is 0.332 e. The molecule has 0 aromatic carbocycles. The van der Waals surface area contributed by atoms with Gasteiger partial charge in [-0.3, -0.25) is 13.9 Å². The zero-order valence-electron chi connectivity index (χ0n) is 13.9. The Morgan fingerprint density at radius 1 is 1.25 bits per heavy atom. The van der Waals surface area contributed by atoms with E-state index in [-0.39, 0.29) is 0 Å². The second-order valence-corrected chi connectivity index (χ2v) is 7.63. The first-order valence-corrected chi connectivity index (χ1v) is 8.98. The van der Waals surface area contributed by atoms with Crippen LogP contribution in [0.4, 0.5) is 0 Å². The minimum Gasteiger partial charge on any atom is -0.548 e. The topological polar surface area (TPSA) is 88.6 Å². The summed E-state index contributed by atoms with van der Waals surface area (Å²) >= 11 is 1.51. The third-order valence-corrected chi connectivity index (χ3v) is 5.73. The van der Waals surface area contributed by atoms with Crippen LogP contribution < -0.4 is 21.3 Å². The van der Waals surface area contributed by atoms with Gasteiger partial charge in [0.2, 0.25) is 0 Å². The number of carbonyl (C=O) groups is 1. The SMILES string of the molecule is C[NH+](C)CCCn1c(=O)n(CC(=O)[O-])c(=O)c2c3c(sc21)CCC3. The summed E-state index contributed by atoms with van der Waals surface area (Å²) in [4.78, 5) is 39.5. The first-order chi connectivity index (χ1) is 11.4. The van der Waals surface area contributed by atoms with Crippen molar-refractivity contribution in [3.8, 4) is 0 Å². The maximum atomic E-state index is 12.7. The fourth-order valence-electron chi connectivity index (χ4n) is 3.31. The van der Waals surface area contributed by atoms with Crippen molar-refractivity contribution in [2.24, 2.45) is 0 Å². The Labute approximate surface area is 142 Å². The molecule has 0 saturated heterocycles. The van der Waals surface area contributed by atoms with E-state index in [1.165, 1.54) is 16.2 Å². The molecule has 0 amide bonds. The zero-order valence-corrected chi connectivity index (χ0v) is 14.7. The Bertz CT molecular complexity index is 907. The number of carboxylic acid groups (broad SMARTS) is 1. The van der Waals surface area contributed by atoms with Gasteiger partial charge >= 0.3 is 5.69 Å². The monoisotopic (exact) mass is 351 g/mol. The molecular formula is C16H21N3O4S. The highest BCUT2D eigenvalue weighted by Gasteiger charge is 2.24. The van der Waals surface area contributed by atoms with Gasteiger partial charge in [-0.15, -0.1) is 11.3 Å². The van der Waals surface area contributed by atoms with E-state index in [1.807, 2.05) is 14.1 Å². The van der Waals surface area contributed by atoms with Crippen LogP contribution in [0.3, 0.4) is 0 Å². The number of carboxylic acids is 1. The van der Waals surface area contributed by atoms with Crippen LogP contribution in [-0.2, 0) is 30.7 Å². The fraction of sp³-hybridized carbons (Fsp3) is 0.562. The van der Waals surface area contributed by atoms with Gasteiger partial charge in [-0.1, -0.05) is 0 Å². The number of aromatic nitrogens is 2. The third-order valence-electron chi connectivity index (χ3n) is 4.41. The Morgan fingerprint density at radius 2 is 2.00 bits per heavy atom. The van der Waals surface area contributed by atoms with Gasteiger partial charge in [0.1, 0.15) is 4.83 Å². The van der Waals surface area contributed by atoms with Gasteiger partial charge in [0.05, 0.1) is 38.5 Å². The highest BCUT2D eigenvalue weighted by Crippen LogP contribution is 2.35. The molecule has 24 heavy (non-hydrogen) atoms. The Kier molecular flexibility index (Phi) is 4.60. The van der Waals surface area contributed by atoms with E-state index in [2.05, 4.69) is 0 Å². The number of aliphatic carboxylic acids is 1. The lowest BCUT2D eigenvalue weighted by molar-refractivity contribution is -0.858. The average Bonchev–Trinajstić information content (AvgIpc) is 3.07. The first-order valence-electron chi connectivity index (χ1n) is 8.17. The first kappa shape index (κ1) is 16.9. The molecule has 0 unspecified atom stereocenters. The predicted molar refractivity (Wildman–Crippen MR) is 89.7 cm³/mol. The molecule has 1 N–H and O–H groups in total. The van der Waals surface area contributed by atoms with Crippen molar-refractivity contribution >= 4 is 27.5 Å². The van der Waals surface area contributed by atoms with Crippen LogP contribution in [-0.4, -0.2) is 35.7 Å². The third kappa shape index (κ3) is 2.91. The maximum Gasteiger partial charge on any atom is 0.332 e. The molecule has 1 aliphatic rings. The van der Waals surface area contributed by atoms with Crippen LogP contribution in [0.15, 0.2) is 9.59 Å². The molecule has 0 atom stereocenters. The molecule has 1 aliphatic carbocycles. The molecule has 3 rings (SSSR count). The van der Waals surface area contributed by atoms with Crippen molar-refractivity contribution in [2.75, 3.05) is 20.6 Å². The minimum absolute atomic E-state index is 0.479. The molecule has 2 heterocycles. The summed E-state index contributed by atoms with van der Waals surface area (Å²) in [6.07, 6.45) is 3.52. The number of aryl methyl sites for hydroxylation is 3. The summed E-state index contributed by atoms with van der Waals surface area (Å²) < 4.78 is 2.39. The molecule has 0 spiro atoms. The summed E-state index contributed by atoms with van der Waals surface area (Å²) in [5, 5.41) is 11.5. The molecule has 0 bridgehead atoms. The van der Waals surface area contributed by atoms with Gasteiger partial charge in [0.25, 0.3) is 5.56 Å². The number of nitrogens with one attached hydrogen (secondary N) is 1. The number of quaternary nitrogens is 1. The van der Waals surface area contributed by atoms with Gasteiger partial charge in [0, 0.05) is 17.8 Å². The highest BCUT2D eigenvalue weighted by atomic mass is 32.1. The largest absolute Gasteiger partial charge is 0.548 e. The summed E-state index contributed by atoms with van der Waals surface area (Å²) in [7, 11) is 4.07. The van der Waals surface area contributed by atoms with Crippen LogP contribution >= 0.6 is 11.3 Å². The summed E-state index contributed by atoms with van der Waals surface area (Å²) in [6.45, 7) is 0.670. The van der Waals surface area contributed by atoms with E-state index < -0.39 is 23.8 Å². The highest BCUT2D eigenvalue weighted by molar-refractivity contribution is 7.18. The van der Waals surface area contributed by atoms with E-state index >= 15 is 0 Å². The van der Waals surface area contributed by atoms with Crippen molar-refractivity contribution in [1.29, 1.82) is 0 Å². The van der Waals surface area contributed by atoms with Crippen LogP contribution in [0.25, 0.3) is 10.2 Å². The molecular weight excluding hydrogens is 330 g/mol. The molecule has 0 fully saturated rings. The zero-order chi connectivity index (χ0) is 17.4. The number of nitrogens with zero attached hydrogens (tertiary/aromatic N) is 2. The van der Waals surface area contributed by atoms with Crippen molar-refractivity contribution in [1.82, 2.24) is 9.13 Å². The number of hydrogen-bond donors (Lipinski definition) is 1.